The summed E-state index contributed by atoms with van der Waals surface area (Å²) < 4.78 is 0. The topological polar surface area (TPSA) is 53.4 Å². The summed E-state index contributed by atoms with van der Waals surface area (Å²) in [6.45, 7) is 0. The highest BCUT2D eigenvalue weighted by Gasteiger charge is 2.51. The fourth-order valence-corrected chi connectivity index (χ4v) is 3.07. The molecule has 2 heterocycles. The predicted octanol–water partition coefficient (Wildman–Crippen LogP) is 2.94. The Kier molecular flexibility index (Phi) is 2.99. The zero-order valence-corrected chi connectivity index (χ0v) is 12.3. The number of hydrogen-bond acceptors (Lipinski definition) is 3. The summed E-state index contributed by atoms with van der Waals surface area (Å²) in [5.74, 6) is 0.158. The van der Waals surface area contributed by atoms with Gasteiger partial charge in [0.15, 0.2) is 5.72 Å². The van der Waals surface area contributed by atoms with Crippen molar-refractivity contribution in [2.45, 2.75) is 5.72 Å². The molecule has 0 saturated heterocycles. The smallest absolute Gasteiger partial charge is 0.262 e. The zero-order valence-electron chi connectivity index (χ0n) is 12.3. The molecule has 0 bridgehead atoms. The summed E-state index contributed by atoms with van der Waals surface area (Å²) in [4.78, 5) is 18.5. The average Bonchev–Trinajstić information content (AvgIpc) is 2.86. The molecule has 0 aliphatic carbocycles. The van der Waals surface area contributed by atoms with Crippen molar-refractivity contribution in [1.29, 1.82) is 0 Å². The van der Waals surface area contributed by atoms with E-state index in [1.54, 1.807) is 42.6 Å². The van der Waals surface area contributed by atoms with Gasteiger partial charge >= 0.3 is 0 Å². The lowest BCUT2D eigenvalue weighted by Gasteiger charge is -2.33. The van der Waals surface area contributed by atoms with Gasteiger partial charge in [-0.2, -0.15) is 0 Å². The number of fused-ring (bicyclic) bond motifs is 1. The van der Waals surface area contributed by atoms with Gasteiger partial charge in [-0.25, -0.2) is 4.98 Å². The molecule has 4 heteroatoms. The number of rotatable bonds is 2. The van der Waals surface area contributed by atoms with E-state index in [-0.39, 0.29) is 5.91 Å². The molecule has 1 N–H and O–H groups in total. The average molecular weight is 302 g/mol. The molecule has 0 spiro atoms. The number of anilines is 1. The van der Waals surface area contributed by atoms with Crippen molar-refractivity contribution < 1.29 is 9.90 Å². The zero-order chi connectivity index (χ0) is 15.9. The number of nitrogens with zero attached hydrogens (tertiary/aromatic N) is 2. The second-order valence-corrected chi connectivity index (χ2v) is 5.41. The third-order valence-corrected chi connectivity index (χ3v) is 4.11. The molecular formula is C19H14N2O2. The molecule has 1 atom stereocenters. The van der Waals surface area contributed by atoms with Crippen molar-refractivity contribution in [2.24, 2.45) is 0 Å². The molecule has 0 radical (unpaired) electrons. The van der Waals surface area contributed by atoms with Crippen LogP contribution in [0.3, 0.4) is 0 Å². The van der Waals surface area contributed by atoms with Gasteiger partial charge < -0.3 is 5.11 Å². The quantitative estimate of drug-likeness (QED) is 0.792. The maximum Gasteiger partial charge on any atom is 0.262 e. The van der Waals surface area contributed by atoms with Crippen LogP contribution in [0.15, 0.2) is 79.0 Å². The summed E-state index contributed by atoms with van der Waals surface area (Å²) in [6, 6.07) is 21.6. The number of amides is 1. The van der Waals surface area contributed by atoms with Gasteiger partial charge in [0.25, 0.3) is 5.91 Å². The summed E-state index contributed by atoms with van der Waals surface area (Å²) in [7, 11) is 0. The van der Waals surface area contributed by atoms with Crippen LogP contribution in [-0.4, -0.2) is 16.0 Å². The minimum absolute atomic E-state index is 0.259. The van der Waals surface area contributed by atoms with E-state index in [1.807, 2.05) is 36.4 Å². The Balaban J connectivity index is 2.01. The van der Waals surface area contributed by atoms with Gasteiger partial charge in [-0.15, -0.1) is 0 Å². The number of pyridine rings is 1. The minimum Gasteiger partial charge on any atom is -0.363 e. The first-order chi connectivity index (χ1) is 11.2. The molecule has 1 amide bonds. The molecule has 0 saturated carbocycles. The lowest BCUT2D eigenvalue weighted by molar-refractivity contribution is 0.0698. The molecular weight excluding hydrogens is 288 g/mol. The van der Waals surface area contributed by atoms with E-state index in [0.717, 1.165) is 0 Å². The van der Waals surface area contributed by atoms with Crippen molar-refractivity contribution >= 4 is 11.7 Å². The Bertz CT molecular complexity index is 865. The van der Waals surface area contributed by atoms with Gasteiger partial charge in [-0.3, -0.25) is 9.69 Å². The Morgan fingerprint density at radius 3 is 2.30 bits per heavy atom. The van der Waals surface area contributed by atoms with E-state index < -0.39 is 5.72 Å². The van der Waals surface area contributed by atoms with E-state index in [9.17, 15) is 9.90 Å². The van der Waals surface area contributed by atoms with Gasteiger partial charge in [0.1, 0.15) is 5.82 Å². The van der Waals surface area contributed by atoms with Crippen LogP contribution in [0, 0.1) is 0 Å². The molecule has 2 aromatic carbocycles. The number of aliphatic hydroxyl groups is 1. The molecule has 1 aromatic heterocycles. The first-order valence-electron chi connectivity index (χ1n) is 7.36. The predicted molar refractivity (Wildman–Crippen MR) is 86.9 cm³/mol. The van der Waals surface area contributed by atoms with E-state index in [4.69, 9.17) is 0 Å². The number of benzene rings is 2. The standard InChI is InChI=1S/C19H14N2O2/c22-18-15-10-4-5-11-16(15)19(23,14-8-2-1-3-9-14)21(18)17-12-6-7-13-20-17/h1-13,23H/t19-/m1/s1. The fourth-order valence-electron chi connectivity index (χ4n) is 3.07. The van der Waals surface area contributed by atoms with E-state index in [2.05, 4.69) is 4.98 Å². The summed E-state index contributed by atoms with van der Waals surface area (Å²) in [5.41, 5.74) is 0.124. The highest BCUT2D eigenvalue weighted by molar-refractivity contribution is 6.11. The molecule has 23 heavy (non-hydrogen) atoms. The first kappa shape index (κ1) is 13.7. The first-order valence-corrected chi connectivity index (χ1v) is 7.36. The Labute approximate surface area is 133 Å². The number of aromatic nitrogens is 1. The SMILES string of the molecule is O=C1c2ccccc2[C@](O)(c2ccccc2)N1c1ccccn1. The van der Waals surface area contributed by atoms with E-state index in [0.29, 0.717) is 22.5 Å². The number of hydrogen-bond donors (Lipinski definition) is 1. The van der Waals surface area contributed by atoms with Crippen LogP contribution in [0.4, 0.5) is 5.82 Å². The molecule has 0 fully saturated rings. The van der Waals surface area contributed by atoms with Gasteiger partial charge in [0, 0.05) is 22.9 Å². The van der Waals surface area contributed by atoms with Crippen LogP contribution in [0.5, 0.6) is 0 Å². The van der Waals surface area contributed by atoms with Crippen LogP contribution in [0.1, 0.15) is 21.5 Å². The fraction of sp³-hybridized carbons (Fsp3) is 0.0526. The van der Waals surface area contributed by atoms with Crippen molar-refractivity contribution in [2.75, 3.05) is 4.90 Å². The maximum absolute atomic E-state index is 12.9. The van der Waals surface area contributed by atoms with Crippen molar-refractivity contribution in [3.8, 4) is 0 Å². The van der Waals surface area contributed by atoms with Gasteiger partial charge in [0.05, 0.1) is 0 Å². The Morgan fingerprint density at radius 2 is 1.57 bits per heavy atom. The lowest BCUT2D eigenvalue weighted by atomic mass is 9.94. The van der Waals surface area contributed by atoms with Gasteiger partial charge in [0.2, 0.25) is 0 Å². The third kappa shape index (κ3) is 1.89. The Morgan fingerprint density at radius 1 is 0.870 bits per heavy atom. The maximum atomic E-state index is 12.9. The van der Waals surface area contributed by atoms with E-state index >= 15 is 0 Å². The summed E-state index contributed by atoms with van der Waals surface area (Å²) in [5, 5.41) is 11.6. The molecule has 112 valence electrons. The third-order valence-electron chi connectivity index (χ3n) is 4.11. The Hall–Kier alpha value is -2.98. The van der Waals surface area contributed by atoms with Crippen molar-refractivity contribution in [1.82, 2.24) is 4.98 Å². The van der Waals surface area contributed by atoms with Crippen LogP contribution in [-0.2, 0) is 5.72 Å². The number of carbonyl (C=O) groups is 1. The second kappa shape index (κ2) is 5.04. The largest absolute Gasteiger partial charge is 0.363 e. The van der Waals surface area contributed by atoms with Crippen LogP contribution < -0.4 is 4.90 Å². The summed E-state index contributed by atoms with van der Waals surface area (Å²) >= 11 is 0. The molecule has 4 nitrogen and oxygen atoms in total. The molecule has 1 aliphatic heterocycles. The van der Waals surface area contributed by atoms with Crippen molar-refractivity contribution in [3.63, 3.8) is 0 Å². The molecule has 1 aliphatic rings. The normalized spacial score (nSPS) is 19.7. The highest BCUT2D eigenvalue weighted by atomic mass is 16.3. The van der Waals surface area contributed by atoms with Crippen molar-refractivity contribution in [3.05, 3.63) is 95.7 Å². The minimum atomic E-state index is -1.57. The molecule has 4 rings (SSSR count). The van der Waals surface area contributed by atoms with Crippen LogP contribution in [0.25, 0.3) is 0 Å². The lowest BCUT2D eigenvalue weighted by Crippen LogP contribution is -2.45. The summed E-state index contributed by atoms with van der Waals surface area (Å²) in [6.07, 6.45) is 1.61. The molecule has 0 unspecified atom stereocenters. The monoisotopic (exact) mass is 302 g/mol. The van der Waals surface area contributed by atoms with Crippen LogP contribution >= 0.6 is 0 Å². The molecule has 3 aromatic rings. The second-order valence-electron chi connectivity index (χ2n) is 5.41. The van der Waals surface area contributed by atoms with Gasteiger partial charge in [-0.1, -0.05) is 54.6 Å². The van der Waals surface area contributed by atoms with Crippen LogP contribution in [0.2, 0.25) is 0 Å². The highest BCUT2D eigenvalue weighted by Crippen LogP contribution is 2.43. The van der Waals surface area contributed by atoms with Gasteiger partial charge in [-0.05, 0) is 18.2 Å². The van der Waals surface area contributed by atoms with E-state index in [1.165, 1.54) is 4.90 Å². The number of carbonyl (C=O) groups excluding carboxylic acids is 1.